The molecule has 1 amide bonds. The van der Waals surface area contributed by atoms with E-state index in [1.807, 2.05) is 29.2 Å². The molecule has 1 saturated heterocycles. The van der Waals surface area contributed by atoms with E-state index in [9.17, 15) is 9.18 Å². The van der Waals surface area contributed by atoms with Gasteiger partial charge in [-0.15, -0.1) is 9.41 Å². The van der Waals surface area contributed by atoms with E-state index in [-0.39, 0.29) is 22.4 Å². The molecule has 0 radical (unpaired) electrons. The third-order valence-electron chi connectivity index (χ3n) is 6.48. The molecule has 36 heavy (non-hydrogen) atoms. The van der Waals surface area contributed by atoms with Crippen LogP contribution < -0.4 is 9.21 Å². The van der Waals surface area contributed by atoms with E-state index in [2.05, 4.69) is 36.8 Å². The second-order valence-electron chi connectivity index (χ2n) is 8.65. The highest BCUT2D eigenvalue weighted by atomic mass is 79.9. The second-order valence-corrected chi connectivity index (χ2v) is 11.7. The van der Waals surface area contributed by atoms with Gasteiger partial charge < -0.3 is 4.90 Å². The van der Waals surface area contributed by atoms with Crippen LogP contribution in [-0.2, 0) is 6.54 Å². The van der Waals surface area contributed by atoms with E-state index in [0.717, 1.165) is 30.2 Å². The van der Waals surface area contributed by atoms with E-state index in [4.69, 9.17) is 21.7 Å². The molecule has 3 aliphatic rings. The highest BCUT2D eigenvalue weighted by Gasteiger charge is 2.41. The molecule has 184 valence electrons. The number of nitrogens with zero attached hydrogens (tertiary/aromatic N) is 6. The normalized spacial score (nSPS) is 18.4. The molecule has 1 fully saturated rings. The van der Waals surface area contributed by atoms with E-state index < -0.39 is 0 Å². The maximum atomic E-state index is 13.3. The Labute approximate surface area is 224 Å². The van der Waals surface area contributed by atoms with E-state index in [1.54, 1.807) is 16.2 Å². The van der Waals surface area contributed by atoms with Crippen molar-refractivity contribution in [1.29, 1.82) is 0 Å². The number of benzene rings is 2. The quantitative estimate of drug-likeness (QED) is 0.318. The number of carbonyl (C=O) groups is 1. The van der Waals surface area contributed by atoms with Crippen LogP contribution in [0.15, 0.2) is 70.1 Å². The lowest BCUT2D eigenvalue weighted by Crippen LogP contribution is -2.48. The van der Waals surface area contributed by atoms with Gasteiger partial charge in [-0.05, 0) is 30.3 Å². The molecule has 0 aliphatic carbocycles. The summed E-state index contributed by atoms with van der Waals surface area (Å²) in [6.07, 6.45) is 0. The standard InChI is InChI=1S/C25H22BrClFN6OS/c26-34-16-33-23(30-34)22(20-3-1-2-4-21(20)27)29-15-18-9-14-36(25(18)33)32-12-10-31(11-13-32)24(35)17-5-7-19(28)8-6-17/h1-9,14H,10-13,15-16H2/q+1. The topological polar surface area (TPSA) is 54.8 Å². The molecule has 0 N–H and O–H groups in total. The fourth-order valence-electron chi connectivity index (χ4n) is 4.70. The lowest BCUT2D eigenvalue weighted by atomic mass is 10.1. The molecule has 3 aliphatic heterocycles. The number of hydrazone groups is 1. The first-order chi connectivity index (χ1) is 17.5. The monoisotopic (exact) mass is 587 g/mol. The highest BCUT2D eigenvalue weighted by molar-refractivity contribution is 9.07. The number of piperazine rings is 1. The Balaban J connectivity index is 1.25. The molecule has 2 aromatic carbocycles. The van der Waals surface area contributed by atoms with Gasteiger partial charge in [-0.3, -0.25) is 14.7 Å². The predicted molar refractivity (Wildman–Crippen MR) is 146 cm³/mol. The lowest BCUT2D eigenvalue weighted by Gasteiger charge is -2.31. The Bertz CT molecular complexity index is 1390. The third kappa shape index (κ3) is 4.21. The zero-order valence-corrected chi connectivity index (χ0v) is 22.3. The summed E-state index contributed by atoms with van der Waals surface area (Å²) in [5.74, 6) is 0.374. The summed E-state index contributed by atoms with van der Waals surface area (Å²) in [7, 11) is -0.283. The van der Waals surface area contributed by atoms with Gasteiger partial charge in [0, 0.05) is 30.3 Å². The van der Waals surface area contributed by atoms with Crippen molar-refractivity contribution in [3.05, 3.63) is 87.5 Å². The van der Waals surface area contributed by atoms with Crippen LogP contribution >= 0.6 is 38.4 Å². The summed E-state index contributed by atoms with van der Waals surface area (Å²) in [5, 5.41) is 8.81. The first-order valence-electron chi connectivity index (χ1n) is 11.5. The average molecular weight is 589 g/mol. The molecular weight excluding hydrogens is 567 g/mol. The molecule has 7 nitrogen and oxygen atoms in total. The van der Waals surface area contributed by atoms with Crippen molar-refractivity contribution in [3.63, 3.8) is 0 Å². The smallest absolute Gasteiger partial charge is 0.276 e. The van der Waals surface area contributed by atoms with Crippen molar-refractivity contribution < 1.29 is 9.18 Å². The largest absolute Gasteiger partial charge is 0.336 e. The van der Waals surface area contributed by atoms with Gasteiger partial charge in [-0.25, -0.2) is 8.43 Å². The van der Waals surface area contributed by atoms with E-state index in [0.29, 0.717) is 36.9 Å². The minimum Gasteiger partial charge on any atom is -0.336 e. The number of amidine groups is 1. The van der Waals surface area contributed by atoms with Crippen LogP contribution in [0.4, 0.5) is 9.39 Å². The summed E-state index contributed by atoms with van der Waals surface area (Å²) >= 11 is 10.1. The molecule has 1 atom stereocenters. The Kier molecular flexibility index (Phi) is 6.28. The highest BCUT2D eigenvalue weighted by Crippen LogP contribution is 2.43. The summed E-state index contributed by atoms with van der Waals surface area (Å²) in [4.78, 5) is 21.9. The number of amides is 1. The molecule has 11 heteroatoms. The van der Waals surface area contributed by atoms with Crippen LogP contribution in [-0.4, -0.2) is 59.2 Å². The van der Waals surface area contributed by atoms with Crippen LogP contribution in [0.3, 0.4) is 0 Å². The SMILES string of the molecule is O=C(c1ccc(F)cc1)N1CCN([s+]2ccc3c2N2CN(Br)N=C2C(c2ccccc2Cl)=NC3)CC1. The molecule has 0 saturated carbocycles. The molecule has 1 aromatic heterocycles. The van der Waals surface area contributed by atoms with Gasteiger partial charge in [-0.2, -0.15) is 0 Å². The predicted octanol–water partition coefficient (Wildman–Crippen LogP) is 5.03. The fraction of sp³-hybridized carbons (Fsp3) is 0.240. The number of halogens is 3. The zero-order valence-electron chi connectivity index (χ0n) is 19.1. The Morgan fingerprint density at radius 3 is 2.53 bits per heavy atom. The Hall–Kier alpha value is -2.79. The molecule has 4 heterocycles. The van der Waals surface area contributed by atoms with E-state index in [1.165, 1.54) is 22.7 Å². The molecule has 0 bridgehead atoms. The van der Waals surface area contributed by atoms with Gasteiger partial charge in [0.15, 0.2) is 11.2 Å². The Morgan fingerprint density at radius 2 is 1.78 bits per heavy atom. The third-order valence-corrected chi connectivity index (χ3v) is 9.38. The average Bonchev–Trinajstić information content (AvgIpc) is 3.45. The van der Waals surface area contributed by atoms with Crippen LogP contribution in [0.1, 0.15) is 21.5 Å². The minimum atomic E-state index is -0.341. The van der Waals surface area contributed by atoms with Gasteiger partial charge in [0.25, 0.3) is 10.9 Å². The van der Waals surface area contributed by atoms with E-state index >= 15 is 0 Å². The number of thiophene rings is 1. The molecule has 0 spiro atoms. The van der Waals surface area contributed by atoms with Crippen molar-refractivity contribution >= 4 is 60.9 Å². The molecule has 6 rings (SSSR count). The van der Waals surface area contributed by atoms with Gasteiger partial charge in [0.05, 0.1) is 57.0 Å². The van der Waals surface area contributed by atoms with Crippen LogP contribution in [0.25, 0.3) is 0 Å². The van der Waals surface area contributed by atoms with Crippen LogP contribution in [0.2, 0.25) is 5.02 Å². The first kappa shape index (κ1) is 23.6. The number of hydrogen-bond donors (Lipinski definition) is 0. The zero-order chi connectivity index (χ0) is 24.8. The number of hydrogen-bond acceptors (Lipinski definition) is 6. The Morgan fingerprint density at radius 1 is 1.03 bits per heavy atom. The lowest BCUT2D eigenvalue weighted by molar-refractivity contribution is 0.0749. The maximum absolute atomic E-state index is 13.3. The summed E-state index contributed by atoms with van der Waals surface area (Å²) in [5.41, 5.74) is 3.33. The maximum Gasteiger partial charge on any atom is 0.276 e. The molecule has 1 unspecified atom stereocenters. The van der Waals surface area contributed by atoms with Crippen LogP contribution in [0.5, 0.6) is 0 Å². The van der Waals surface area contributed by atoms with Crippen molar-refractivity contribution in [1.82, 2.24) is 8.93 Å². The van der Waals surface area contributed by atoms with Gasteiger partial charge in [0.2, 0.25) is 0 Å². The van der Waals surface area contributed by atoms with Crippen molar-refractivity contribution in [2.24, 2.45) is 10.1 Å². The van der Waals surface area contributed by atoms with Gasteiger partial charge >= 0.3 is 0 Å². The van der Waals surface area contributed by atoms with Crippen LogP contribution in [0, 0.1) is 5.82 Å². The summed E-state index contributed by atoms with van der Waals surface area (Å²) < 4.78 is 17.4. The fourth-order valence-corrected chi connectivity index (χ4v) is 7.46. The van der Waals surface area contributed by atoms with Crippen molar-refractivity contribution in [3.8, 4) is 0 Å². The number of rotatable bonds is 3. The first-order valence-corrected chi connectivity index (χ1v) is 13.9. The molecular formula is C25H22BrClFN6OS+. The number of carbonyl (C=O) groups excluding carboxylic acids is 1. The summed E-state index contributed by atoms with van der Waals surface area (Å²) in [6.45, 7) is 3.83. The number of fused-ring (bicyclic) bond motifs is 3. The van der Waals surface area contributed by atoms with Gasteiger partial charge in [-0.1, -0.05) is 29.8 Å². The minimum absolute atomic E-state index is 0.0593. The second kappa shape index (κ2) is 9.59. The number of anilines is 1. The number of aliphatic imine (C=N–C) groups is 1. The van der Waals surface area contributed by atoms with Crippen molar-refractivity contribution in [2.75, 3.05) is 42.1 Å². The van der Waals surface area contributed by atoms with Gasteiger partial charge in [0.1, 0.15) is 18.2 Å². The summed E-state index contributed by atoms with van der Waals surface area (Å²) in [6, 6.07) is 15.6. The molecule has 3 aromatic rings. The van der Waals surface area contributed by atoms with Crippen molar-refractivity contribution in [2.45, 2.75) is 6.54 Å².